The molecule has 4 heteroatoms. The molecule has 0 heterocycles. The first-order valence-corrected chi connectivity index (χ1v) is 4.35. The van der Waals surface area contributed by atoms with E-state index in [0.717, 1.165) is 5.39 Å². The van der Waals surface area contributed by atoms with Crippen molar-refractivity contribution in [3.8, 4) is 0 Å². The van der Waals surface area contributed by atoms with E-state index in [4.69, 9.17) is 0 Å². The van der Waals surface area contributed by atoms with E-state index in [0.29, 0.717) is 17.2 Å². The predicted molar refractivity (Wildman–Crippen MR) is 56.0 cm³/mol. The van der Waals surface area contributed by atoms with Gasteiger partial charge in [0.1, 0.15) is 0 Å². The highest BCUT2D eigenvalue weighted by Crippen LogP contribution is 2.23. The molecule has 15 heavy (non-hydrogen) atoms. The Balaban J connectivity index is 2.82. The molecule has 4 nitrogen and oxygen atoms in total. The van der Waals surface area contributed by atoms with Crippen LogP contribution in [0.2, 0.25) is 0 Å². The number of nitro benzene ring substituents is 1. The summed E-state index contributed by atoms with van der Waals surface area (Å²) in [5.74, 6) is 0. The van der Waals surface area contributed by atoms with Crippen LogP contribution in [0.25, 0.3) is 10.8 Å². The van der Waals surface area contributed by atoms with Crippen LogP contribution in [0, 0.1) is 10.1 Å². The van der Waals surface area contributed by atoms with Crippen molar-refractivity contribution in [1.29, 1.82) is 0 Å². The Labute approximate surface area is 85.3 Å². The van der Waals surface area contributed by atoms with E-state index in [1.165, 1.54) is 12.1 Å². The van der Waals surface area contributed by atoms with Crippen molar-refractivity contribution in [3.63, 3.8) is 0 Å². The van der Waals surface area contributed by atoms with E-state index >= 15 is 0 Å². The second-order valence-electron chi connectivity index (χ2n) is 3.13. The van der Waals surface area contributed by atoms with Gasteiger partial charge in [-0.15, -0.1) is 0 Å². The van der Waals surface area contributed by atoms with E-state index in [2.05, 4.69) is 0 Å². The van der Waals surface area contributed by atoms with Crippen molar-refractivity contribution in [3.05, 3.63) is 52.1 Å². The molecule has 0 aliphatic carbocycles. The number of carbonyl (C=O) groups is 1. The van der Waals surface area contributed by atoms with E-state index in [-0.39, 0.29) is 5.69 Å². The fourth-order valence-electron chi connectivity index (χ4n) is 1.53. The van der Waals surface area contributed by atoms with Crippen LogP contribution in [-0.2, 0) is 0 Å². The minimum absolute atomic E-state index is 0.0594. The molecule has 0 radical (unpaired) electrons. The number of non-ortho nitro benzene ring substituents is 1. The van der Waals surface area contributed by atoms with Gasteiger partial charge in [0.2, 0.25) is 0 Å². The second-order valence-corrected chi connectivity index (χ2v) is 3.13. The first kappa shape index (κ1) is 9.33. The first-order valence-electron chi connectivity index (χ1n) is 4.35. The summed E-state index contributed by atoms with van der Waals surface area (Å²) in [6, 6.07) is 9.83. The van der Waals surface area contributed by atoms with Gasteiger partial charge in [0.05, 0.1) is 4.92 Å². The minimum Gasteiger partial charge on any atom is -0.298 e. The molecular formula is C11H7NO3. The summed E-state index contributed by atoms with van der Waals surface area (Å²) in [6.45, 7) is 0. The predicted octanol–water partition coefficient (Wildman–Crippen LogP) is 2.56. The third-order valence-corrected chi connectivity index (χ3v) is 2.22. The third kappa shape index (κ3) is 1.57. The summed E-state index contributed by atoms with van der Waals surface area (Å²) in [5.41, 5.74) is 0.288. The molecule has 0 N–H and O–H groups in total. The quantitative estimate of drug-likeness (QED) is 0.426. The maximum Gasteiger partial charge on any atom is 0.270 e. The summed E-state index contributed by atoms with van der Waals surface area (Å²) in [5, 5.41) is 12.0. The smallest absolute Gasteiger partial charge is 0.270 e. The minimum atomic E-state index is -0.501. The van der Waals surface area contributed by atoms with E-state index in [1.807, 2.05) is 0 Å². The number of nitrogens with zero attached hydrogens (tertiary/aromatic N) is 1. The van der Waals surface area contributed by atoms with Crippen molar-refractivity contribution in [2.24, 2.45) is 0 Å². The lowest BCUT2D eigenvalue weighted by molar-refractivity contribution is -0.384. The number of rotatable bonds is 2. The van der Waals surface area contributed by atoms with Gasteiger partial charge in [0.15, 0.2) is 6.29 Å². The fraction of sp³-hybridized carbons (Fsp3) is 0. The van der Waals surface area contributed by atoms with Gasteiger partial charge in [-0.1, -0.05) is 24.3 Å². The lowest BCUT2D eigenvalue weighted by Gasteiger charge is -2.00. The molecule has 74 valence electrons. The summed E-state index contributed by atoms with van der Waals surface area (Å²) in [6.07, 6.45) is 0.634. The number of fused-ring (bicyclic) bond motifs is 1. The molecule has 0 bridgehead atoms. The van der Waals surface area contributed by atoms with Crippen molar-refractivity contribution in [2.75, 3.05) is 0 Å². The highest BCUT2D eigenvalue weighted by Gasteiger charge is 2.10. The average Bonchev–Trinajstić information content (AvgIpc) is 2.27. The van der Waals surface area contributed by atoms with E-state index in [1.54, 1.807) is 24.3 Å². The second kappa shape index (κ2) is 3.49. The van der Waals surface area contributed by atoms with Crippen LogP contribution in [-0.4, -0.2) is 11.2 Å². The molecule has 0 saturated carbocycles. The van der Waals surface area contributed by atoms with Gasteiger partial charge in [-0.05, 0) is 10.8 Å². The van der Waals surface area contributed by atoms with Crippen molar-refractivity contribution in [2.45, 2.75) is 0 Å². The SMILES string of the molecule is O=Cc1cc([N+](=O)[O-])cc2ccccc12. The van der Waals surface area contributed by atoms with Crippen LogP contribution in [0.5, 0.6) is 0 Å². The molecule has 0 spiro atoms. The number of aldehydes is 1. The monoisotopic (exact) mass is 201 g/mol. The largest absolute Gasteiger partial charge is 0.298 e. The maximum absolute atomic E-state index is 10.8. The summed E-state index contributed by atoms with van der Waals surface area (Å²) in [4.78, 5) is 20.9. The standard InChI is InChI=1S/C11H7NO3/c13-7-9-6-10(12(14)15)5-8-3-1-2-4-11(8)9/h1-7H. The van der Waals surface area contributed by atoms with Crippen molar-refractivity contribution >= 4 is 22.7 Å². The van der Waals surface area contributed by atoms with Gasteiger partial charge in [0, 0.05) is 17.7 Å². The topological polar surface area (TPSA) is 60.2 Å². The number of benzene rings is 2. The Morgan fingerprint density at radius 1 is 1.20 bits per heavy atom. The van der Waals surface area contributed by atoms with Crippen molar-refractivity contribution < 1.29 is 9.72 Å². The summed E-state index contributed by atoms with van der Waals surface area (Å²) >= 11 is 0. The van der Waals surface area contributed by atoms with E-state index < -0.39 is 4.92 Å². The number of hydrogen-bond acceptors (Lipinski definition) is 3. The van der Waals surface area contributed by atoms with Crippen LogP contribution in [0.3, 0.4) is 0 Å². The Hall–Kier alpha value is -2.23. The number of carbonyl (C=O) groups excluding carboxylic acids is 1. The van der Waals surface area contributed by atoms with Crippen LogP contribution in [0.4, 0.5) is 5.69 Å². The Bertz CT molecular complexity index is 549. The third-order valence-electron chi connectivity index (χ3n) is 2.22. The first-order chi connectivity index (χ1) is 7.22. The van der Waals surface area contributed by atoms with Gasteiger partial charge in [-0.2, -0.15) is 0 Å². The summed E-state index contributed by atoms with van der Waals surface area (Å²) < 4.78 is 0. The van der Waals surface area contributed by atoms with Gasteiger partial charge < -0.3 is 0 Å². The Morgan fingerprint density at radius 3 is 2.60 bits per heavy atom. The molecule has 0 aliphatic rings. The van der Waals surface area contributed by atoms with Crippen molar-refractivity contribution in [1.82, 2.24) is 0 Å². The zero-order valence-electron chi connectivity index (χ0n) is 7.71. The van der Waals surface area contributed by atoms with Gasteiger partial charge in [-0.25, -0.2) is 0 Å². The molecule has 0 unspecified atom stereocenters. The molecule has 0 atom stereocenters. The molecule has 0 saturated heterocycles. The van der Waals surface area contributed by atoms with Gasteiger partial charge >= 0.3 is 0 Å². The highest BCUT2D eigenvalue weighted by atomic mass is 16.6. The molecule has 0 aromatic heterocycles. The molecule has 0 fully saturated rings. The number of nitro groups is 1. The Morgan fingerprint density at radius 2 is 1.93 bits per heavy atom. The molecular weight excluding hydrogens is 194 g/mol. The molecule has 2 rings (SSSR count). The van der Waals surface area contributed by atoms with Crippen LogP contribution >= 0.6 is 0 Å². The number of hydrogen-bond donors (Lipinski definition) is 0. The normalized spacial score (nSPS) is 10.1. The maximum atomic E-state index is 10.8. The average molecular weight is 201 g/mol. The van der Waals surface area contributed by atoms with E-state index in [9.17, 15) is 14.9 Å². The molecule has 0 aliphatic heterocycles. The lowest BCUT2D eigenvalue weighted by Crippen LogP contribution is -1.91. The summed E-state index contributed by atoms with van der Waals surface area (Å²) in [7, 11) is 0. The Kier molecular flexibility index (Phi) is 2.17. The zero-order valence-corrected chi connectivity index (χ0v) is 7.71. The lowest BCUT2D eigenvalue weighted by atomic mass is 10.0. The van der Waals surface area contributed by atoms with Gasteiger partial charge in [0.25, 0.3) is 5.69 Å². The zero-order chi connectivity index (χ0) is 10.8. The van der Waals surface area contributed by atoms with Crippen LogP contribution < -0.4 is 0 Å². The fourth-order valence-corrected chi connectivity index (χ4v) is 1.53. The molecule has 2 aromatic rings. The van der Waals surface area contributed by atoms with Gasteiger partial charge in [-0.3, -0.25) is 14.9 Å². The molecule has 0 amide bonds. The van der Waals surface area contributed by atoms with Crippen LogP contribution in [0.1, 0.15) is 10.4 Å². The van der Waals surface area contributed by atoms with Crippen LogP contribution in [0.15, 0.2) is 36.4 Å². The molecule has 2 aromatic carbocycles. The highest BCUT2D eigenvalue weighted by molar-refractivity contribution is 5.99.